The fourth-order valence-electron chi connectivity index (χ4n) is 2.23. The Hall–Kier alpha value is -1.11. The third kappa shape index (κ3) is 4.69. The lowest BCUT2D eigenvalue weighted by molar-refractivity contribution is 0.411. The van der Waals surface area contributed by atoms with Gasteiger partial charge >= 0.3 is 0 Å². The van der Waals surface area contributed by atoms with Crippen LogP contribution in [0.2, 0.25) is 0 Å². The monoisotopic (exact) mass is 314 g/mol. The van der Waals surface area contributed by atoms with Crippen molar-refractivity contribution in [2.75, 3.05) is 13.7 Å². The van der Waals surface area contributed by atoms with E-state index < -0.39 is 10.0 Å². The van der Waals surface area contributed by atoms with Crippen LogP contribution in [-0.2, 0) is 10.0 Å². The van der Waals surface area contributed by atoms with Gasteiger partial charge in [0.1, 0.15) is 5.75 Å². The molecule has 0 amide bonds. The van der Waals surface area contributed by atoms with Crippen molar-refractivity contribution in [3.63, 3.8) is 0 Å². The quantitative estimate of drug-likeness (QED) is 0.770. The van der Waals surface area contributed by atoms with E-state index >= 15 is 0 Å². The third-order valence-corrected chi connectivity index (χ3v) is 5.16. The lowest BCUT2D eigenvalue weighted by atomic mass is 10.1. The van der Waals surface area contributed by atoms with Gasteiger partial charge in [0, 0.05) is 12.6 Å². The summed E-state index contributed by atoms with van der Waals surface area (Å²) >= 11 is 0. The van der Waals surface area contributed by atoms with E-state index in [4.69, 9.17) is 10.5 Å². The minimum atomic E-state index is -3.57. The highest BCUT2D eigenvalue weighted by atomic mass is 32.2. The van der Waals surface area contributed by atoms with Crippen molar-refractivity contribution in [2.45, 2.75) is 51.0 Å². The molecule has 5 nitrogen and oxygen atoms in total. The van der Waals surface area contributed by atoms with Crippen molar-refractivity contribution in [3.8, 4) is 5.75 Å². The second-order valence-electron chi connectivity index (χ2n) is 5.28. The molecule has 1 rings (SSSR count). The Labute approximate surface area is 127 Å². The maximum atomic E-state index is 12.5. The molecule has 0 bridgehead atoms. The molecule has 0 fully saturated rings. The fraction of sp³-hybridized carbons (Fsp3) is 0.600. The fourth-order valence-corrected chi connectivity index (χ4v) is 3.83. The van der Waals surface area contributed by atoms with Crippen molar-refractivity contribution in [1.29, 1.82) is 0 Å². The maximum Gasteiger partial charge on any atom is 0.241 e. The lowest BCUT2D eigenvalue weighted by Crippen LogP contribution is -2.40. The van der Waals surface area contributed by atoms with Crippen molar-refractivity contribution in [2.24, 2.45) is 5.73 Å². The molecule has 0 spiro atoms. The summed E-state index contributed by atoms with van der Waals surface area (Å²) < 4.78 is 33.0. The molecule has 6 heteroatoms. The highest BCUT2D eigenvalue weighted by molar-refractivity contribution is 7.89. The molecule has 0 heterocycles. The smallest absolute Gasteiger partial charge is 0.241 e. The Kier molecular flexibility index (Phi) is 6.64. The highest BCUT2D eigenvalue weighted by Crippen LogP contribution is 2.25. The number of unbranched alkanes of at least 4 members (excludes halogenated alkanes) is 1. The number of nitrogens with two attached hydrogens (primary N) is 1. The molecule has 3 N–H and O–H groups in total. The molecular weight excluding hydrogens is 288 g/mol. The highest BCUT2D eigenvalue weighted by Gasteiger charge is 2.22. The molecule has 0 saturated carbocycles. The van der Waals surface area contributed by atoms with Gasteiger partial charge in [0.2, 0.25) is 10.0 Å². The van der Waals surface area contributed by atoms with E-state index in [0.29, 0.717) is 17.9 Å². The van der Waals surface area contributed by atoms with E-state index in [2.05, 4.69) is 11.6 Å². The number of rotatable bonds is 8. The molecule has 0 aliphatic carbocycles. The summed E-state index contributed by atoms with van der Waals surface area (Å²) in [5, 5.41) is 0. The van der Waals surface area contributed by atoms with E-state index in [0.717, 1.165) is 24.8 Å². The molecule has 1 atom stereocenters. The minimum Gasteiger partial charge on any atom is -0.496 e. The molecular formula is C15H26N2O3S. The minimum absolute atomic E-state index is 0.225. The first-order valence-electron chi connectivity index (χ1n) is 7.23. The Morgan fingerprint density at radius 3 is 2.48 bits per heavy atom. The summed E-state index contributed by atoms with van der Waals surface area (Å²) in [5.74, 6) is 0.688. The van der Waals surface area contributed by atoms with Gasteiger partial charge in [-0.25, -0.2) is 13.1 Å². The molecule has 0 aliphatic heterocycles. The van der Waals surface area contributed by atoms with Crippen LogP contribution < -0.4 is 15.2 Å². The zero-order valence-electron chi connectivity index (χ0n) is 13.3. The van der Waals surface area contributed by atoms with Gasteiger partial charge in [0.05, 0.1) is 12.0 Å². The van der Waals surface area contributed by atoms with Crippen molar-refractivity contribution < 1.29 is 13.2 Å². The number of hydrogen-bond donors (Lipinski definition) is 2. The molecule has 0 aromatic heterocycles. The standard InChI is InChI=1S/C15H26N2O3S/c1-5-6-7-13(10-16)17-21(18,19)15-9-11(2)14(20-4)8-12(15)3/h8-9,13,17H,5-7,10,16H2,1-4H3. The van der Waals surface area contributed by atoms with Gasteiger partial charge in [-0.1, -0.05) is 19.8 Å². The second kappa shape index (κ2) is 7.77. The number of sulfonamides is 1. The largest absolute Gasteiger partial charge is 0.496 e. The summed E-state index contributed by atoms with van der Waals surface area (Å²) in [5.41, 5.74) is 7.12. The number of methoxy groups -OCH3 is 1. The van der Waals surface area contributed by atoms with Crippen molar-refractivity contribution in [3.05, 3.63) is 23.3 Å². The summed E-state index contributed by atoms with van der Waals surface area (Å²) in [6.45, 7) is 5.96. The topological polar surface area (TPSA) is 81.4 Å². The van der Waals surface area contributed by atoms with Crippen LogP contribution in [0, 0.1) is 13.8 Å². The summed E-state index contributed by atoms with van der Waals surface area (Å²) in [7, 11) is -1.99. The average Bonchev–Trinajstić information content (AvgIpc) is 2.45. The Balaban J connectivity index is 3.04. The second-order valence-corrected chi connectivity index (χ2v) is 6.97. The van der Waals surface area contributed by atoms with Crippen LogP contribution in [0.3, 0.4) is 0 Å². The number of nitrogens with one attached hydrogen (secondary N) is 1. The van der Waals surface area contributed by atoms with Crippen LogP contribution in [-0.4, -0.2) is 28.1 Å². The zero-order chi connectivity index (χ0) is 16.0. The third-order valence-electron chi connectivity index (χ3n) is 3.49. The summed E-state index contributed by atoms with van der Waals surface area (Å²) in [6.07, 6.45) is 2.71. The first kappa shape index (κ1) is 17.9. The van der Waals surface area contributed by atoms with E-state index in [9.17, 15) is 8.42 Å². The van der Waals surface area contributed by atoms with E-state index in [1.54, 1.807) is 26.2 Å². The van der Waals surface area contributed by atoms with Crippen LogP contribution in [0.25, 0.3) is 0 Å². The Morgan fingerprint density at radius 2 is 1.95 bits per heavy atom. The van der Waals surface area contributed by atoms with Crippen LogP contribution in [0.4, 0.5) is 0 Å². The predicted octanol–water partition coefficient (Wildman–Crippen LogP) is 2.11. The molecule has 0 radical (unpaired) electrons. The predicted molar refractivity (Wildman–Crippen MR) is 85.2 cm³/mol. The molecule has 0 aliphatic rings. The van der Waals surface area contributed by atoms with Gasteiger partial charge in [0.25, 0.3) is 0 Å². The zero-order valence-corrected chi connectivity index (χ0v) is 14.1. The number of hydrogen-bond acceptors (Lipinski definition) is 4. The van der Waals surface area contributed by atoms with Crippen LogP contribution in [0.5, 0.6) is 5.75 Å². The van der Waals surface area contributed by atoms with Crippen LogP contribution >= 0.6 is 0 Å². The van der Waals surface area contributed by atoms with Gasteiger partial charge in [-0.05, 0) is 43.5 Å². The van der Waals surface area contributed by atoms with E-state index in [1.165, 1.54) is 0 Å². The molecule has 0 saturated heterocycles. The van der Waals surface area contributed by atoms with Gasteiger partial charge in [-0.15, -0.1) is 0 Å². The average molecular weight is 314 g/mol. The number of ether oxygens (including phenoxy) is 1. The Morgan fingerprint density at radius 1 is 1.29 bits per heavy atom. The van der Waals surface area contributed by atoms with Gasteiger partial charge in [-0.2, -0.15) is 0 Å². The summed E-state index contributed by atoms with van der Waals surface area (Å²) in [4.78, 5) is 0.288. The van der Waals surface area contributed by atoms with Crippen LogP contribution in [0.15, 0.2) is 17.0 Å². The molecule has 120 valence electrons. The first-order chi connectivity index (χ1) is 9.85. The van der Waals surface area contributed by atoms with Gasteiger partial charge < -0.3 is 10.5 Å². The van der Waals surface area contributed by atoms with E-state index in [-0.39, 0.29) is 10.9 Å². The maximum absolute atomic E-state index is 12.5. The lowest BCUT2D eigenvalue weighted by Gasteiger charge is -2.18. The number of aryl methyl sites for hydroxylation is 2. The van der Waals surface area contributed by atoms with Crippen molar-refractivity contribution in [1.82, 2.24) is 4.72 Å². The Bertz CT molecular complexity index is 571. The number of benzene rings is 1. The molecule has 21 heavy (non-hydrogen) atoms. The first-order valence-corrected chi connectivity index (χ1v) is 8.71. The van der Waals surface area contributed by atoms with Gasteiger partial charge in [-0.3, -0.25) is 0 Å². The normalized spacial score (nSPS) is 13.2. The SMILES string of the molecule is CCCCC(CN)NS(=O)(=O)c1cc(C)c(OC)cc1C. The molecule has 1 aromatic rings. The van der Waals surface area contributed by atoms with E-state index in [1.807, 2.05) is 6.92 Å². The van der Waals surface area contributed by atoms with Crippen molar-refractivity contribution >= 4 is 10.0 Å². The molecule has 1 aromatic carbocycles. The van der Waals surface area contributed by atoms with Crippen LogP contribution in [0.1, 0.15) is 37.3 Å². The van der Waals surface area contributed by atoms with Gasteiger partial charge in [0.15, 0.2) is 0 Å². The molecule has 1 unspecified atom stereocenters. The summed E-state index contributed by atoms with van der Waals surface area (Å²) in [6, 6.07) is 3.16.